The quantitative estimate of drug-likeness (QED) is 0.676. The molecule has 0 unspecified atom stereocenters. The molecule has 3 rings (SSSR count). The molecule has 0 saturated heterocycles. The van der Waals surface area contributed by atoms with Gasteiger partial charge >= 0.3 is 0 Å². The summed E-state index contributed by atoms with van der Waals surface area (Å²) >= 11 is 0. The van der Waals surface area contributed by atoms with Crippen molar-refractivity contribution < 1.29 is 18.8 Å². The molecule has 0 radical (unpaired) electrons. The molecular weight excluding hydrogens is 318 g/mol. The molecule has 0 spiro atoms. The Balaban J connectivity index is 2.11. The molecule has 0 fully saturated rings. The van der Waals surface area contributed by atoms with E-state index < -0.39 is 0 Å². The minimum Gasteiger partial charge on any atom is -0.497 e. The van der Waals surface area contributed by atoms with Crippen molar-refractivity contribution in [2.24, 2.45) is 0 Å². The monoisotopic (exact) mass is 337 g/mol. The predicted molar refractivity (Wildman–Crippen MR) is 94.9 cm³/mol. The Morgan fingerprint density at radius 3 is 1.92 bits per heavy atom. The molecule has 0 amide bonds. The third-order valence-corrected chi connectivity index (χ3v) is 3.91. The molecular formula is C20H19NO4. The van der Waals surface area contributed by atoms with E-state index in [0.717, 1.165) is 28.2 Å². The Labute approximate surface area is 146 Å². The number of hydrogen-bond acceptors (Lipinski definition) is 5. The molecule has 5 nitrogen and oxygen atoms in total. The summed E-state index contributed by atoms with van der Waals surface area (Å²) in [6.45, 7) is 1.54. The van der Waals surface area contributed by atoms with Crippen molar-refractivity contribution in [3.63, 3.8) is 0 Å². The number of hydrogen-bond donors (Lipinski definition) is 0. The lowest BCUT2D eigenvalue weighted by Gasteiger charge is -2.06. The number of benzene rings is 2. The largest absolute Gasteiger partial charge is 0.497 e. The second-order valence-electron chi connectivity index (χ2n) is 5.67. The van der Waals surface area contributed by atoms with Gasteiger partial charge in [-0.1, -0.05) is 17.3 Å². The van der Waals surface area contributed by atoms with Crippen LogP contribution in [0.3, 0.4) is 0 Å². The maximum Gasteiger partial charge on any atom is 0.152 e. The highest BCUT2D eigenvalue weighted by Gasteiger charge is 2.20. The molecule has 2 aromatic carbocycles. The van der Waals surface area contributed by atoms with Gasteiger partial charge in [0.05, 0.1) is 26.2 Å². The third-order valence-electron chi connectivity index (χ3n) is 3.91. The van der Waals surface area contributed by atoms with Crippen LogP contribution in [-0.2, 0) is 11.2 Å². The molecule has 0 aliphatic carbocycles. The van der Waals surface area contributed by atoms with Gasteiger partial charge in [-0.3, -0.25) is 4.79 Å². The highest BCUT2D eigenvalue weighted by atomic mass is 16.5. The van der Waals surface area contributed by atoms with Gasteiger partial charge in [0, 0.05) is 5.56 Å². The van der Waals surface area contributed by atoms with Crippen molar-refractivity contribution in [1.29, 1.82) is 0 Å². The van der Waals surface area contributed by atoms with Gasteiger partial charge < -0.3 is 14.0 Å². The summed E-state index contributed by atoms with van der Waals surface area (Å²) in [5.74, 6) is 2.11. The zero-order chi connectivity index (χ0) is 17.8. The van der Waals surface area contributed by atoms with Crippen LogP contribution in [-0.4, -0.2) is 25.2 Å². The summed E-state index contributed by atoms with van der Waals surface area (Å²) in [5, 5.41) is 4.21. The van der Waals surface area contributed by atoms with E-state index in [0.29, 0.717) is 11.5 Å². The normalized spacial score (nSPS) is 10.5. The van der Waals surface area contributed by atoms with E-state index in [1.165, 1.54) is 6.92 Å². The number of nitrogens with zero attached hydrogens (tertiary/aromatic N) is 1. The first-order chi connectivity index (χ1) is 12.1. The lowest BCUT2D eigenvalue weighted by atomic mass is 9.97. The van der Waals surface area contributed by atoms with Gasteiger partial charge in [-0.15, -0.1) is 0 Å². The van der Waals surface area contributed by atoms with Crippen LogP contribution in [0.1, 0.15) is 12.7 Å². The number of carbonyl (C=O) groups excluding carboxylic acids is 1. The van der Waals surface area contributed by atoms with E-state index in [2.05, 4.69) is 5.16 Å². The molecule has 25 heavy (non-hydrogen) atoms. The van der Waals surface area contributed by atoms with Gasteiger partial charge in [0.1, 0.15) is 23.0 Å². The second kappa shape index (κ2) is 7.21. The predicted octanol–water partition coefficient (Wildman–Crippen LogP) is 4.16. The third kappa shape index (κ3) is 3.55. The van der Waals surface area contributed by atoms with Gasteiger partial charge in [0.25, 0.3) is 0 Å². The van der Waals surface area contributed by atoms with Crippen LogP contribution in [0, 0.1) is 0 Å². The average molecular weight is 337 g/mol. The number of carbonyl (C=O) groups is 1. The lowest BCUT2D eigenvalue weighted by molar-refractivity contribution is -0.116. The molecule has 128 valence electrons. The molecule has 0 bridgehead atoms. The van der Waals surface area contributed by atoms with Gasteiger partial charge in [-0.05, 0) is 48.9 Å². The fraction of sp³-hybridized carbons (Fsp3) is 0.200. The van der Waals surface area contributed by atoms with E-state index in [1.807, 2.05) is 48.5 Å². The number of ether oxygens (including phenoxy) is 2. The van der Waals surface area contributed by atoms with Crippen LogP contribution in [0.15, 0.2) is 53.1 Å². The lowest BCUT2D eigenvalue weighted by Crippen LogP contribution is -1.97. The minimum absolute atomic E-state index is 0.0205. The van der Waals surface area contributed by atoms with Gasteiger partial charge in [-0.25, -0.2) is 0 Å². The SMILES string of the molecule is COc1ccc(-c2noc(CC(C)=O)c2-c2ccc(OC)cc2)cc1. The average Bonchev–Trinajstić information content (AvgIpc) is 3.04. The van der Waals surface area contributed by atoms with Crippen molar-refractivity contribution in [1.82, 2.24) is 5.16 Å². The number of aromatic nitrogens is 1. The zero-order valence-corrected chi connectivity index (χ0v) is 14.4. The highest BCUT2D eigenvalue weighted by Crippen LogP contribution is 2.36. The Morgan fingerprint density at radius 1 is 0.920 bits per heavy atom. The smallest absolute Gasteiger partial charge is 0.152 e. The number of ketones is 1. The molecule has 0 saturated carbocycles. The van der Waals surface area contributed by atoms with E-state index in [1.54, 1.807) is 14.2 Å². The zero-order valence-electron chi connectivity index (χ0n) is 14.4. The Bertz CT molecular complexity index is 864. The van der Waals surface area contributed by atoms with Crippen LogP contribution in [0.4, 0.5) is 0 Å². The molecule has 5 heteroatoms. The van der Waals surface area contributed by atoms with Gasteiger partial charge in [0.15, 0.2) is 5.76 Å². The first-order valence-corrected chi connectivity index (χ1v) is 7.89. The first-order valence-electron chi connectivity index (χ1n) is 7.89. The Hall–Kier alpha value is -3.08. The van der Waals surface area contributed by atoms with Crippen molar-refractivity contribution >= 4 is 5.78 Å². The molecule has 3 aromatic rings. The van der Waals surface area contributed by atoms with Crippen molar-refractivity contribution in [3.8, 4) is 33.9 Å². The van der Waals surface area contributed by atoms with E-state index >= 15 is 0 Å². The maximum absolute atomic E-state index is 11.6. The Morgan fingerprint density at radius 2 is 1.44 bits per heavy atom. The van der Waals surface area contributed by atoms with Crippen molar-refractivity contribution in [2.75, 3.05) is 14.2 Å². The van der Waals surface area contributed by atoms with Crippen LogP contribution >= 0.6 is 0 Å². The number of rotatable bonds is 6. The van der Waals surface area contributed by atoms with E-state index in [4.69, 9.17) is 14.0 Å². The maximum atomic E-state index is 11.6. The molecule has 0 N–H and O–H groups in total. The topological polar surface area (TPSA) is 61.6 Å². The van der Waals surface area contributed by atoms with E-state index in [-0.39, 0.29) is 12.2 Å². The van der Waals surface area contributed by atoms with Crippen LogP contribution < -0.4 is 9.47 Å². The Kier molecular flexibility index (Phi) is 4.84. The standard InChI is InChI=1S/C20H19NO4/c1-13(22)12-18-19(14-4-8-16(23-2)9-5-14)20(21-25-18)15-6-10-17(24-3)11-7-15/h4-11H,12H2,1-3H3. The molecule has 0 atom stereocenters. The van der Waals surface area contributed by atoms with Crippen molar-refractivity contribution in [2.45, 2.75) is 13.3 Å². The van der Waals surface area contributed by atoms with Crippen LogP contribution in [0.5, 0.6) is 11.5 Å². The van der Waals surface area contributed by atoms with Gasteiger partial charge in [0.2, 0.25) is 0 Å². The summed E-state index contributed by atoms with van der Waals surface area (Å²) in [6, 6.07) is 15.2. The van der Waals surface area contributed by atoms with Gasteiger partial charge in [-0.2, -0.15) is 0 Å². The van der Waals surface area contributed by atoms with E-state index in [9.17, 15) is 4.79 Å². The minimum atomic E-state index is 0.0205. The van der Waals surface area contributed by atoms with Crippen LogP contribution in [0.25, 0.3) is 22.4 Å². The molecule has 0 aliphatic heterocycles. The number of Topliss-reactive ketones (excluding diaryl/α,β-unsaturated/α-hetero) is 1. The van der Waals surface area contributed by atoms with Crippen molar-refractivity contribution in [3.05, 3.63) is 54.3 Å². The van der Waals surface area contributed by atoms with Crippen LogP contribution in [0.2, 0.25) is 0 Å². The second-order valence-corrected chi connectivity index (χ2v) is 5.67. The molecule has 1 heterocycles. The fourth-order valence-electron chi connectivity index (χ4n) is 2.67. The molecule has 0 aliphatic rings. The summed E-state index contributed by atoms with van der Waals surface area (Å²) in [6.07, 6.45) is 0.199. The summed E-state index contributed by atoms with van der Waals surface area (Å²) in [7, 11) is 3.25. The number of methoxy groups -OCH3 is 2. The summed E-state index contributed by atoms with van der Waals surface area (Å²) < 4.78 is 15.9. The summed E-state index contributed by atoms with van der Waals surface area (Å²) in [5.41, 5.74) is 3.33. The molecule has 1 aromatic heterocycles. The first kappa shape index (κ1) is 16.8. The highest BCUT2D eigenvalue weighted by molar-refractivity contribution is 5.86. The summed E-state index contributed by atoms with van der Waals surface area (Å²) in [4.78, 5) is 11.6. The fourth-order valence-corrected chi connectivity index (χ4v) is 2.67.